The van der Waals surface area contributed by atoms with E-state index >= 15 is 0 Å². The second-order valence-corrected chi connectivity index (χ2v) is 15.1. The summed E-state index contributed by atoms with van der Waals surface area (Å²) in [4.78, 5) is 86.2. The third-order valence-electron chi connectivity index (χ3n) is 9.58. The highest BCUT2D eigenvalue weighted by molar-refractivity contribution is 8.00. The first-order valence-corrected chi connectivity index (χ1v) is 18.6. The molecule has 2 aromatic heterocycles. The number of nitrogens with two attached hydrogens (primary N) is 1. The number of aromatic hydroxyl groups is 1. The molecule has 0 aliphatic carbocycles. The first-order valence-electron chi connectivity index (χ1n) is 16.7. The van der Waals surface area contributed by atoms with Gasteiger partial charge in [0.1, 0.15) is 35.9 Å². The van der Waals surface area contributed by atoms with Crippen molar-refractivity contribution in [1.29, 1.82) is 0 Å². The van der Waals surface area contributed by atoms with Gasteiger partial charge in [-0.25, -0.2) is 14.6 Å². The third-order valence-corrected chi connectivity index (χ3v) is 11.6. The van der Waals surface area contributed by atoms with E-state index in [0.717, 1.165) is 29.1 Å². The van der Waals surface area contributed by atoms with Gasteiger partial charge in [-0.2, -0.15) is 0 Å². The second-order valence-electron chi connectivity index (χ2n) is 13.1. The molecule has 0 saturated carbocycles. The summed E-state index contributed by atoms with van der Waals surface area (Å²) in [6.45, 7) is 4.22. The van der Waals surface area contributed by atoms with E-state index in [0.29, 0.717) is 46.2 Å². The van der Waals surface area contributed by atoms with Gasteiger partial charge in [-0.3, -0.25) is 24.1 Å². The SMILES string of the molecule is CCn1cc(C[N+]2(CC3=C(C(=O)O)N4C(=O)[C@@H](NC(=O)/C(=N\O[C@@H](CC(=O)O)C(=O)O)c5csc(N)n5)[C@H]4SC3)CCCC2)c(=O)c2cc([OH2+])c(O)cc21. The minimum atomic E-state index is -1.95. The Morgan fingerprint density at radius 1 is 1.17 bits per heavy atom. The predicted octanol–water partition coefficient (Wildman–Crippen LogP) is 0.402. The lowest BCUT2D eigenvalue weighted by Gasteiger charge is -2.50. The van der Waals surface area contributed by atoms with E-state index in [2.05, 4.69) is 15.5 Å². The molecule has 6 rings (SSSR count). The van der Waals surface area contributed by atoms with Crippen LogP contribution in [0.5, 0.6) is 11.5 Å². The number of pyridine rings is 1. The van der Waals surface area contributed by atoms with Crippen LogP contribution in [-0.4, -0.2) is 123 Å². The number of nitrogens with zero attached hydrogens (tertiary/aromatic N) is 5. The fourth-order valence-corrected chi connectivity index (χ4v) is 8.95. The number of carbonyl (C=O) groups excluding carboxylic acids is 2. The van der Waals surface area contributed by atoms with Crippen LogP contribution in [0.25, 0.3) is 10.9 Å². The monoisotopic (exact) mass is 787 g/mol. The second kappa shape index (κ2) is 15.0. The molecule has 0 unspecified atom stereocenters. The maximum Gasteiger partial charge on any atom is 0.352 e. The molecule has 286 valence electrons. The average molecular weight is 788 g/mol. The molecule has 1 aromatic carbocycles. The van der Waals surface area contributed by atoms with E-state index in [-0.39, 0.29) is 52.3 Å². The third kappa shape index (κ3) is 7.28. The number of rotatable bonds is 14. The van der Waals surface area contributed by atoms with E-state index in [1.807, 2.05) is 11.5 Å². The zero-order valence-electron chi connectivity index (χ0n) is 28.7. The van der Waals surface area contributed by atoms with Crippen molar-refractivity contribution in [2.75, 3.05) is 31.1 Å². The van der Waals surface area contributed by atoms with Gasteiger partial charge in [0.25, 0.3) is 17.6 Å². The van der Waals surface area contributed by atoms with Crippen molar-refractivity contribution in [3.05, 3.63) is 56.5 Å². The molecule has 3 atom stereocenters. The molecular formula is C33H37N7O12S2+2. The lowest BCUT2D eigenvalue weighted by atomic mass is 10.0. The molecule has 21 heteroatoms. The summed E-state index contributed by atoms with van der Waals surface area (Å²) in [7, 11) is 0. The number of β-lactam (4-membered cyclic amide) rings is 1. The lowest BCUT2D eigenvalue weighted by Crippen LogP contribution is -2.71. The number of phenols is 1. The number of carboxylic acids is 3. The number of aliphatic carboxylic acids is 3. The molecule has 3 aromatic rings. The fourth-order valence-electron chi connectivity index (χ4n) is 7.06. The quantitative estimate of drug-likeness (QED) is 0.0424. The fraction of sp³-hybridized carbons (Fsp3) is 0.394. The number of hydrogen-bond donors (Lipinski definition) is 6. The molecule has 19 nitrogen and oxygen atoms in total. The van der Waals surface area contributed by atoms with Crippen molar-refractivity contribution in [3.8, 4) is 11.5 Å². The molecule has 3 aliphatic heterocycles. The summed E-state index contributed by atoms with van der Waals surface area (Å²) in [6, 6.07) is 1.54. The van der Waals surface area contributed by atoms with Gasteiger partial charge in [0.15, 0.2) is 16.3 Å². The molecule has 2 fully saturated rings. The summed E-state index contributed by atoms with van der Waals surface area (Å²) >= 11 is 2.17. The number of quaternary nitrogens is 1. The number of fused-ring (bicyclic) bond motifs is 2. The largest absolute Gasteiger partial charge is 0.591 e. The Kier molecular flexibility index (Phi) is 10.6. The van der Waals surface area contributed by atoms with Crippen LogP contribution in [0.4, 0.5) is 5.13 Å². The van der Waals surface area contributed by atoms with Crippen LogP contribution in [0, 0.1) is 0 Å². The van der Waals surface area contributed by atoms with Gasteiger partial charge in [-0.15, -0.1) is 23.1 Å². The number of hydrogen-bond acceptors (Lipinski definition) is 13. The zero-order chi connectivity index (χ0) is 39.1. The number of thiazole rings is 1. The van der Waals surface area contributed by atoms with Gasteiger partial charge >= 0.3 is 17.9 Å². The van der Waals surface area contributed by atoms with Crippen molar-refractivity contribution in [2.45, 2.75) is 56.8 Å². The Hall–Kier alpha value is -5.67. The summed E-state index contributed by atoms with van der Waals surface area (Å²) in [5.74, 6) is -6.43. The van der Waals surface area contributed by atoms with Gasteiger partial charge in [0.05, 0.1) is 42.0 Å². The zero-order valence-corrected chi connectivity index (χ0v) is 30.3. The Labute approximate surface area is 313 Å². The highest BCUT2D eigenvalue weighted by atomic mass is 32.2. The van der Waals surface area contributed by atoms with Crippen molar-refractivity contribution < 1.29 is 58.8 Å². The number of nitrogen functional groups attached to an aromatic ring is 1. The van der Waals surface area contributed by atoms with Crippen LogP contribution in [-0.2, 0) is 41.9 Å². The van der Waals surface area contributed by atoms with Crippen LogP contribution < -0.4 is 16.5 Å². The molecule has 5 heterocycles. The Balaban J connectivity index is 1.25. The number of anilines is 1. The minimum Gasteiger partial charge on any atom is -0.591 e. The number of nitrogens with one attached hydrogen (secondary N) is 1. The number of carbonyl (C=O) groups is 5. The summed E-state index contributed by atoms with van der Waals surface area (Å²) in [6.07, 6.45) is 0.506. The van der Waals surface area contributed by atoms with E-state index in [1.54, 1.807) is 6.20 Å². The van der Waals surface area contributed by atoms with Gasteiger partial charge in [-0.1, -0.05) is 5.16 Å². The number of aromatic nitrogens is 2. The molecular weight excluding hydrogens is 751 g/mol. The smallest absolute Gasteiger partial charge is 0.352 e. The number of thioether (sulfide) groups is 1. The topological polar surface area (TPSA) is 287 Å². The van der Waals surface area contributed by atoms with Crippen LogP contribution in [0.1, 0.15) is 37.4 Å². The van der Waals surface area contributed by atoms with Crippen LogP contribution in [0.15, 0.2) is 44.9 Å². The van der Waals surface area contributed by atoms with E-state index in [4.69, 9.17) is 20.8 Å². The first kappa shape index (κ1) is 38.1. The average Bonchev–Trinajstić information content (AvgIpc) is 3.77. The highest BCUT2D eigenvalue weighted by Crippen LogP contribution is 2.42. The molecule has 3 aliphatic rings. The van der Waals surface area contributed by atoms with Crippen molar-refractivity contribution in [1.82, 2.24) is 19.8 Å². The minimum absolute atomic E-state index is 0.0284. The van der Waals surface area contributed by atoms with E-state index in [9.17, 15) is 44.1 Å². The molecule has 0 bridgehead atoms. The van der Waals surface area contributed by atoms with Crippen LogP contribution in [0.2, 0.25) is 0 Å². The normalized spacial score (nSPS) is 20.0. The maximum atomic E-state index is 13.8. The number of carboxylic acid groups (broad SMARTS) is 3. The summed E-state index contributed by atoms with van der Waals surface area (Å²) in [5, 5.41) is 53.9. The van der Waals surface area contributed by atoms with Crippen LogP contribution in [0.3, 0.4) is 0 Å². The molecule has 54 heavy (non-hydrogen) atoms. The summed E-state index contributed by atoms with van der Waals surface area (Å²) in [5.41, 5.74) is 6.00. The van der Waals surface area contributed by atoms with Gasteiger partial charge in [0.2, 0.25) is 11.9 Å². The lowest BCUT2D eigenvalue weighted by molar-refractivity contribution is -0.925. The molecule has 2 saturated heterocycles. The maximum absolute atomic E-state index is 13.8. The number of likely N-dealkylation sites (tertiary alicyclic amines) is 1. The number of aryl methyl sites for hydroxylation is 1. The van der Waals surface area contributed by atoms with Crippen LogP contribution >= 0.6 is 23.1 Å². The Bertz CT molecular complexity index is 2190. The number of phenolic OH excluding ortho intramolecular Hbond substituents is 1. The van der Waals surface area contributed by atoms with Crippen molar-refractivity contribution in [3.63, 3.8) is 0 Å². The Morgan fingerprint density at radius 2 is 1.89 bits per heavy atom. The van der Waals surface area contributed by atoms with Crippen molar-refractivity contribution >= 4 is 74.6 Å². The Morgan fingerprint density at radius 3 is 2.50 bits per heavy atom. The van der Waals surface area contributed by atoms with Crippen molar-refractivity contribution in [2.24, 2.45) is 5.16 Å². The van der Waals surface area contributed by atoms with Gasteiger partial charge < -0.3 is 50.5 Å². The summed E-state index contributed by atoms with van der Waals surface area (Å²) < 4.78 is 2.20. The number of benzene rings is 1. The molecule has 2 amide bonds. The molecule has 0 spiro atoms. The van der Waals surface area contributed by atoms with Gasteiger partial charge in [-0.05, 0) is 6.92 Å². The molecule has 9 N–H and O–H groups in total. The molecule has 0 radical (unpaired) electrons. The van der Waals surface area contributed by atoms with E-state index in [1.165, 1.54) is 29.3 Å². The predicted molar refractivity (Wildman–Crippen MR) is 194 cm³/mol. The number of amides is 2. The van der Waals surface area contributed by atoms with Gasteiger partial charge in [0, 0.05) is 48.4 Å². The standard InChI is InChI=1S/C33H35N7O12S2/c1-2-38-10-15(27(45)17-7-20(41)21(42)8-19(17)38)11-40(5-3-4-6-40)12-16-13-53-30-25(29(47)39(30)26(16)32(50)51)36-28(46)24(18-14-54-33(34)35-18)37-52-22(31(48)49)9-23(43)44/h7-8,10,14,22,25,30H,2-6,9,11-13H2,1H3,(H7-,34,35,36,37,41,42,43,44,45,46,48,49,50,51)/p+2/t22-,25+,30+/m0/s1. The highest BCUT2D eigenvalue weighted by Gasteiger charge is 2.55. The number of oxime groups is 1. The van der Waals surface area contributed by atoms with E-state index < -0.39 is 59.4 Å². The first-order chi connectivity index (χ1) is 25.6.